The monoisotopic (exact) mass is 354 g/mol. The summed E-state index contributed by atoms with van der Waals surface area (Å²) < 4.78 is 10.3. The number of H-pyrrole nitrogens is 1. The first-order valence-electron chi connectivity index (χ1n) is 8.24. The lowest BCUT2D eigenvalue weighted by Gasteiger charge is -2.07. The Hall–Kier alpha value is -3.35. The van der Waals surface area contributed by atoms with Gasteiger partial charge in [0.1, 0.15) is 5.75 Å². The number of hydrogen-bond acceptors (Lipinski definition) is 5. The number of carbonyl (C=O) groups excluding carboxylic acids is 2. The highest BCUT2D eigenvalue weighted by molar-refractivity contribution is 6.01. The molecule has 0 spiro atoms. The van der Waals surface area contributed by atoms with E-state index in [4.69, 9.17) is 9.15 Å². The number of fused-ring (bicyclic) bond motifs is 1. The highest BCUT2D eigenvalue weighted by atomic mass is 16.5. The fourth-order valence-corrected chi connectivity index (χ4v) is 2.51. The molecule has 1 amide bonds. The first-order chi connectivity index (χ1) is 12.5. The number of rotatable bonds is 7. The van der Waals surface area contributed by atoms with Crippen molar-refractivity contribution in [2.24, 2.45) is 0 Å². The molecule has 7 nitrogen and oxygen atoms in total. The number of amides is 1. The van der Waals surface area contributed by atoms with Crippen LogP contribution in [0.3, 0.4) is 0 Å². The summed E-state index contributed by atoms with van der Waals surface area (Å²) in [5, 5.41) is 2.74. The highest BCUT2D eigenvalue weighted by Crippen LogP contribution is 2.17. The smallest absolute Gasteiger partial charge is 0.417 e. The zero-order chi connectivity index (χ0) is 18.5. The number of benzene rings is 2. The van der Waals surface area contributed by atoms with Gasteiger partial charge >= 0.3 is 5.76 Å². The van der Waals surface area contributed by atoms with E-state index in [0.29, 0.717) is 29.0 Å². The molecule has 0 unspecified atom stereocenters. The third kappa shape index (κ3) is 4.18. The zero-order valence-electron chi connectivity index (χ0n) is 14.2. The molecular weight excluding hydrogens is 336 g/mol. The van der Waals surface area contributed by atoms with Gasteiger partial charge in [-0.05, 0) is 49.4 Å². The van der Waals surface area contributed by atoms with Crippen molar-refractivity contribution in [3.8, 4) is 5.75 Å². The van der Waals surface area contributed by atoms with Crippen molar-refractivity contribution in [3.63, 3.8) is 0 Å². The van der Waals surface area contributed by atoms with Crippen LogP contribution in [0.1, 0.15) is 30.1 Å². The molecular formula is C19H18N2O5. The lowest BCUT2D eigenvalue weighted by Crippen LogP contribution is -2.13. The van der Waals surface area contributed by atoms with Crippen molar-refractivity contribution in [3.05, 3.63) is 58.6 Å². The zero-order valence-corrected chi connectivity index (χ0v) is 14.2. The van der Waals surface area contributed by atoms with Crippen LogP contribution in [0.15, 0.2) is 51.7 Å². The Kier molecular flexibility index (Phi) is 5.17. The van der Waals surface area contributed by atoms with Crippen molar-refractivity contribution in [1.29, 1.82) is 0 Å². The van der Waals surface area contributed by atoms with Gasteiger partial charge in [-0.1, -0.05) is 0 Å². The van der Waals surface area contributed by atoms with Crippen molar-refractivity contribution in [1.82, 2.24) is 4.98 Å². The molecule has 0 atom stereocenters. The lowest BCUT2D eigenvalue weighted by molar-refractivity contribution is -0.116. The van der Waals surface area contributed by atoms with Crippen molar-refractivity contribution >= 4 is 28.5 Å². The molecule has 3 rings (SSSR count). The largest absolute Gasteiger partial charge is 0.494 e. The van der Waals surface area contributed by atoms with Crippen LogP contribution in [0.2, 0.25) is 0 Å². The molecule has 0 aliphatic carbocycles. The average molecular weight is 354 g/mol. The van der Waals surface area contributed by atoms with E-state index in [1.54, 1.807) is 36.4 Å². The number of Topliss-reactive ketones (excluding diaryl/α,β-unsaturated/α-hetero) is 1. The molecule has 0 radical (unpaired) electrons. The third-order valence-corrected chi connectivity index (χ3v) is 3.77. The van der Waals surface area contributed by atoms with Gasteiger partial charge in [0.25, 0.3) is 0 Å². The Morgan fingerprint density at radius 2 is 1.88 bits per heavy atom. The Morgan fingerprint density at radius 1 is 1.12 bits per heavy atom. The summed E-state index contributed by atoms with van der Waals surface area (Å²) in [6, 6.07) is 11.7. The lowest BCUT2D eigenvalue weighted by atomic mass is 10.1. The van der Waals surface area contributed by atoms with E-state index in [-0.39, 0.29) is 24.5 Å². The number of anilines is 1. The number of ketones is 1. The second kappa shape index (κ2) is 7.69. The van der Waals surface area contributed by atoms with Crippen LogP contribution in [0.25, 0.3) is 11.1 Å². The quantitative estimate of drug-likeness (QED) is 0.635. The summed E-state index contributed by atoms with van der Waals surface area (Å²) in [7, 11) is 0. The van der Waals surface area contributed by atoms with Crippen LogP contribution in [0.5, 0.6) is 5.75 Å². The normalized spacial score (nSPS) is 10.7. The molecule has 2 aromatic carbocycles. The molecule has 26 heavy (non-hydrogen) atoms. The summed E-state index contributed by atoms with van der Waals surface area (Å²) in [4.78, 5) is 37.9. The van der Waals surface area contributed by atoms with Gasteiger partial charge in [0, 0.05) is 24.1 Å². The highest BCUT2D eigenvalue weighted by Gasteiger charge is 2.12. The first-order valence-corrected chi connectivity index (χ1v) is 8.24. The van der Waals surface area contributed by atoms with Gasteiger partial charge in [0.05, 0.1) is 12.1 Å². The molecule has 2 N–H and O–H groups in total. The van der Waals surface area contributed by atoms with Crippen LogP contribution in [-0.4, -0.2) is 23.3 Å². The predicted octanol–water partition coefficient (Wildman–Crippen LogP) is 3.12. The van der Waals surface area contributed by atoms with Crippen molar-refractivity contribution < 1.29 is 18.7 Å². The number of nitrogens with one attached hydrogen (secondary N) is 2. The molecule has 0 saturated heterocycles. The summed E-state index contributed by atoms with van der Waals surface area (Å²) in [5.74, 6) is -0.291. The van der Waals surface area contributed by atoms with Gasteiger partial charge in [-0.3, -0.25) is 14.6 Å². The minimum Gasteiger partial charge on any atom is -0.494 e. The number of hydrogen-bond donors (Lipinski definition) is 2. The Balaban J connectivity index is 1.55. The van der Waals surface area contributed by atoms with Gasteiger partial charge in [-0.25, -0.2) is 4.79 Å². The predicted molar refractivity (Wildman–Crippen MR) is 96.6 cm³/mol. The van der Waals surface area contributed by atoms with Crippen LogP contribution in [0, 0.1) is 0 Å². The molecule has 0 saturated carbocycles. The molecule has 3 aromatic rings. The molecule has 0 aliphatic heterocycles. The van der Waals surface area contributed by atoms with E-state index >= 15 is 0 Å². The fraction of sp³-hybridized carbons (Fsp3) is 0.211. The van der Waals surface area contributed by atoms with E-state index in [2.05, 4.69) is 10.3 Å². The van der Waals surface area contributed by atoms with Crippen LogP contribution >= 0.6 is 0 Å². The molecule has 0 bridgehead atoms. The number of aromatic amines is 1. The number of aromatic nitrogens is 1. The van der Waals surface area contributed by atoms with Crippen molar-refractivity contribution in [2.45, 2.75) is 19.8 Å². The third-order valence-electron chi connectivity index (χ3n) is 3.77. The average Bonchev–Trinajstić information content (AvgIpc) is 3.00. The molecule has 0 fully saturated rings. The minimum absolute atomic E-state index is 0.0567. The van der Waals surface area contributed by atoms with Gasteiger partial charge < -0.3 is 14.5 Å². The SMILES string of the molecule is CCOc1ccc(NC(=O)CCC(=O)c2ccc3[nH]c(=O)oc3c2)cc1. The topological polar surface area (TPSA) is 101 Å². The number of ether oxygens (including phenoxy) is 1. The summed E-state index contributed by atoms with van der Waals surface area (Å²) in [6.07, 6.45) is 0.115. The maximum Gasteiger partial charge on any atom is 0.417 e. The maximum absolute atomic E-state index is 12.2. The van der Waals surface area contributed by atoms with E-state index in [1.807, 2.05) is 6.92 Å². The second-order valence-electron chi connectivity index (χ2n) is 5.65. The summed E-state index contributed by atoms with van der Waals surface area (Å²) in [6.45, 7) is 2.47. The second-order valence-corrected chi connectivity index (χ2v) is 5.65. The van der Waals surface area contributed by atoms with E-state index in [0.717, 1.165) is 5.75 Å². The first kappa shape index (κ1) is 17.5. The Labute approximate surface area is 149 Å². The molecule has 1 aromatic heterocycles. The van der Waals surface area contributed by atoms with Crippen LogP contribution < -0.4 is 15.8 Å². The Morgan fingerprint density at radius 3 is 2.62 bits per heavy atom. The van der Waals surface area contributed by atoms with Gasteiger partial charge in [0.15, 0.2) is 11.4 Å². The summed E-state index contributed by atoms with van der Waals surface area (Å²) >= 11 is 0. The fourth-order valence-electron chi connectivity index (χ4n) is 2.51. The maximum atomic E-state index is 12.2. The van der Waals surface area contributed by atoms with Crippen LogP contribution in [-0.2, 0) is 4.79 Å². The minimum atomic E-state index is -0.570. The van der Waals surface area contributed by atoms with Gasteiger partial charge in [-0.15, -0.1) is 0 Å². The molecule has 0 aliphatic rings. The molecule has 7 heteroatoms. The molecule has 1 heterocycles. The van der Waals surface area contributed by atoms with Gasteiger partial charge in [0.2, 0.25) is 5.91 Å². The standard InChI is InChI=1S/C19H18N2O5/c1-2-25-14-6-4-13(5-7-14)20-18(23)10-9-16(22)12-3-8-15-17(11-12)26-19(24)21-15/h3-8,11H,2,9-10H2,1H3,(H,20,23)(H,21,24). The van der Waals surface area contributed by atoms with Gasteiger partial charge in [-0.2, -0.15) is 0 Å². The van der Waals surface area contributed by atoms with E-state index < -0.39 is 5.76 Å². The van der Waals surface area contributed by atoms with E-state index in [9.17, 15) is 14.4 Å². The van der Waals surface area contributed by atoms with Crippen molar-refractivity contribution in [2.75, 3.05) is 11.9 Å². The number of carbonyl (C=O) groups is 2. The number of oxazole rings is 1. The summed E-state index contributed by atoms with van der Waals surface area (Å²) in [5.41, 5.74) is 1.88. The van der Waals surface area contributed by atoms with E-state index in [1.165, 1.54) is 6.07 Å². The Bertz CT molecular complexity index is 985. The van der Waals surface area contributed by atoms with Crippen LogP contribution in [0.4, 0.5) is 5.69 Å². The molecule has 134 valence electrons.